The average molecular weight is 609 g/mol. The van der Waals surface area contributed by atoms with Crippen molar-refractivity contribution in [2.45, 2.75) is 87.5 Å². The van der Waals surface area contributed by atoms with Gasteiger partial charge in [0.05, 0.1) is 0 Å². The minimum absolute atomic E-state index is 0.128. The minimum atomic E-state index is 0.128. The molecule has 0 unspecified atom stereocenters. The normalized spacial score (nSPS) is 13.1. The van der Waals surface area contributed by atoms with Crippen LogP contribution >= 0.6 is 11.3 Å². The third-order valence-electron chi connectivity index (χ3n) is 9.82. The van der Waals surface area contributed by atoms with Crippen molar-refractivity contribution in [3.05, 3.63) is 100 Å². The Morgan fingerprint density at radius 2 is 1.51 bits per heavy atom. The van der Waals surface area contributed by atoms with Gasteiger partial charge in [0.1, 0.15) is 5.82 Å². The lowest BCUT2D eigenvalue weighted by Crippen LogP contribution is -2.52. The summed E-state index contributed by atoms with van der Waals surface area (Å²) in [5.74, 6) is 1.90. The molecule has 0 atom stereocenters. The molecular formula is C41H45BN2S. The summed E-state index contributed by atoms with van der Waals surface area (Å²) in [6.07, 6.45) is 3.25. The van der Waals surface area contributed by atoms with E-state index in [2.05, 4.69) is 141 Å². The first-order valence-electron chi connectivity index (χ1n) is 16.6. The van der Waals surface area contributed by atoms with Crippen LogP contribution in [-0.2, 0) is 6.42 Å². The van der Waals surface area contributed by atoms with Crippen LogP contribution in [0.2, 0.25) is 0 Å². The van der Waals surface area contributed by atoms with Crippen molar-refractivity contribution in [2.75, 3.05) is 0 Å². The molecule has 0 spiro atoms. The lowest BCUT2D eigenvalue weighted by Gasteiger charge is -2.23. The van der Waals surface area contributed by atoms with Crippen LogP contribution in [0, 0.1) is 26.2 Å². The van der Waals surface area contributed by atoms with Gasteiger partial charge in [0, 0.05) is 37.8 Å². The summed E-state index contributed by atoms with van der Waals surface area (Å²) in [7, 11) is 0. The summed E-state index contributed by atoms with van der Waals surface area (Å²) in [6, 6.07) is 23.7. The molecule has 0 radical (unpaired) electrons. The van der Waals surface area contributed by atoms with Crippen LogP contribution in [0.5, 0.6) is 0 Å². The summed E-state index contributed by atoms with van der Waals surface area (Å²) >= 11 is 1.93. The Bertz CT molecular complexity index is 2090. The first kappa shape index (κ1) is 30.1. The van der Waals surface area contributed by atoms with E-state index >= 15 is 0 Å². The number of rotatable bonds is 5. The lowest BCUT2D eigenvalue weighted by molar-refractivity contribution is 0.411. The summed E-state index contributed by atoms with van der Waals surface area (Å²) in [4.78, 5) is 5.21. The van der Waals surface area contributed by atoms with E-state index < -0.39 is 0 Å². The summed E-state index contributed by atoms with van der Waals surface area (Å²) in [5.41, 5.74) is 15.1. The molecule has 0 aliphatic carbocycles. The molecule has 0 saturated heterocycles. The molecule has 7 rings (SSSR count). The van der Waals surface area contributed by atoms with E-state index in [1.807, 2.05) is 11.3 Å². The molecule has 0 amide bonds. The van der Waals surface area contributed by atoms with Crippen LogP contribution in [0.15, 0.2) is 66.9 Å². The molecule has 45 heavy (non-hydrogen) atoms. The van der Waals surface area contributed by atoms with E-state index in [0.717, 1.165) is 12.2 Å². The topological polar surface area (TPSA) is 17.8 Å². The van der Waals surface area contributed by atoms with Crippen LogP contribution in [0.4, 0.5) is 0 Å². The second-order valence-electron chi connectivity index (χ2n) is 15.3. The molecule has 2 aromatic heterocycles. The standard InChI is InChI=1S/C41H45BN2S/c1-23(2)29-12-11-13-30(24(3)4)39(29)42-34-19-33-31-15-14-28(21-41(8,9)10)18-36(31)45-37(33)20-35(34)44-38(42)22-43-40(44)32-17-25(5)16-26(6)27(32)7/h11-20,22-24H,21H2,1-10H3. The third-order valence-corrected chi connectivity index (χ3v) is 10.9. The molecule has 0 fully saturated rings. The fraction of sp³-hybridized carbons (Fsp3) is 0.341. The maximum Gasteiger partial charge on any atom is 0.268 e. The highest BCUT2D eigenvalue weighted by Gasteiger charge is 2.40. The Hall–Kier alpha value is -3.63. The summed E-state index contributed by atoms with van der Waals surface area (Å²) in [5, 5.41) is 2.74. The summed E-state index contributed by atoms with van der Waals surface area (Å²) < 4.78 is 5.23. The molecule has 4 heteroatoms. The Morgan fingerprint density at radius 1 is 0.822 bits per heavy atom. The van der Waals surface area contributed by atoms with Gasteiger partial charge < -0.3 is 4.57 Å². The molecule has 0 N–H and O–H groups in total. The highest BCUT2D eigenvalue weighted by atomic mass is 32.1. The van der Waals surface area contributed by atoms with Gasteiger partial charge in [-0.05, 0) is 101 Å². The molecule has 228 valence electrons. The number of fused-ring (bicyclic) bond motifs is 6. The molecule has 1 aliphatic heterocycles. The molecule has 0 saturated carbocycles. The van der Waals surface area contributed by atoms with Crippen LogP contribution in [-0.4, -0.2) is 16.3 Å². The maximum absolute atomic E-state index is 5.21. The van der Waals surface area contributed by atoms with Crippen molar-refractivity contribution in [3.63, 3.8) is 0 Å². The predicted octanol–water partition coefficient (Wildman–Crippen LogP) is 9.50. The molecule has 4 aromatic carbocycles. The van der Waals surface area contributed by atoms with Crippen molar-refractivity contribution in [3.8, 4) is 17.1 Å². The van der Waals surface area contributed by atoms with Gasteiger partial charge in [0.15, 0.2) is 0 Å². The number of hydrogen-bond donors (Lipinski definition) is 0. The van der Waals surface area contributed by atoms with Gasteiger partial charge in [-0.25, -0.2) is 4.98 Å². The third kappa shape index (κ3) is 4.97. The molecule has 2 nitrogen and oxygen atoms in total. The predicted molar refractivity (Wildman–Crippen MR) is 199 cm³/mol. The van der Waals surface area contributed by atoms with Gasteiger partial charge >= 0.3 is 0 Å². The van der Waals surface area contributed by atoms with Crippen LogP contribution in [0.25, 0.3) is 37.2 Å². The monoisotopic (exact) mass is 608 g/mol. The fourth-order valence-electron chi connectivity index (χ4n) is 7.71. The zero-order chi connectivity index (χ0) is 31.9. The number of benzene rings is 4. The van der Waals surface area contributed by atoms with Gasteiger partial charge in [0.2, 0.25) is 0 Å². The SMILES string of the molecule is Cc1cc(C)c(C)c(-c2ncc3n2-c2cc4sc5cc(CC(C)(C)C)ccc5c4cc2B3c2c(C(C)C)cccc2C(C)C)c1. The number of aromatic nitrogens is 2. The van der Waals surface area contributed by atoms with Crippen molar-refractivity contribution >= 4 is 54.7 Å². The van der Waals surface area contributed by atoms with E-state index in [1.165, 1.54) is 81.3 Å². The largest absolute Gasteiger partial charge is 0.305 e. The highest BCUT2D eigenvalue weighted by Crippen LogP contribution is 2.38. The molecule has 6 aromatic rings. The van der Waals surface area contributed by atoms with Crippen molar-refractivity contribution in [2.24, 2.45) is 5.41 Å². The zero-order valence-electron chi connectivity index (χ0n) is 28.6. The molecule has 3 heterocycles. The van der Waals surface area contributed by atoms with Crippen LogP contribution in [0.1, 0.15) is 93.7 Å². The van der Waals surface area contributed by atoms with Crippen molar-refractivity contribution in [1.82, 2.24) is 9.55 Å². The highest BCUT2D eigenvalue weighted by molar-refractivity contribution is 7.26. The zero-order valence-corrected chi connectivity index (χ0v) is 29.4. The minimum Gasteiger partial charge on any atom is -0.305 e. The number of aryl methyl sites for hydroxylation is 2. The lowest BCUT2D eigenvalue weighted by atomic mass is 9.37. The van der Waals surface area contributed by atoms with Crippen molar-refractivity contribution in [1.29, 1.82) is 0 Å². The van der Waals surface area contributed by atoms with Crippen molar-refractivity contribution < 1.29 is 0 Å². The van der Waals surface area contributed by atoms with E-state index in [4.69, 9.17) is 4.98 Å². The second-order valence-corrected chi connectivity index (χ2v) is 16.3. The van der Waals surface area contributed by atoms with Gasteiger partial charge in [-0.1, -0.05) is 102 Å². The van der Waals surface area contributed by atoms with E-state index in [9.17, 15) is 0 Å². The van der Waals surface area contributed by atoms with Gasteiger partial charge in [0.25, 0.3) is 6.71 Å². The number of thiophene rings is 1. The number of nitrogens with zero attached hydrogens (tertiary/aromatic N) is 2. The van der Waals surface area contributed by atoms with E-state index in [-0.39, 0.29) is 12.1 Å². The number of imidazole rings is 1. The van der Waals surface area contributed by atoms with Gasteiger partial charge in [-0.15, -0.1) is 11.3 Å². The second kappa shape index (κ2) is 10.7. The first-order chi connectivity index (χ1) is 21.3. The first-order valence-corrected chi connectivity index (χ1v) is 17.4. The Balaban J connectivity index is 1.55. The number of hydrogen-bond acceptors (Lipinski definition) is 2. The quantitative estimate of drug-likeness (QED) is 0.178. The Morgan fingerprint density at radius 3 is 2.18 bits per heavy atom. The molecule has 1 aliphatic rings. The molecule has 0 bridgehead atoms. The maximum atomic E-state index is 5.21. The summed E-state index contributed by atoms with van der Waals surface area (Å²) in [6.45, 7) is 23.1. The molecular weight excluding hydrogens is 563 g/mol. The van der Waals surface area contributed by atoms with E-state index in [0.29, 0.717) is 11.8 Å². The Kier molecular flexibility index (Phi) is 7.17. The van der Waals surface area contributed by atoms with Gasteiger partial charge in [-0.2, -0.15) is 0 Å². The fourth-order valence-corrected chi connectivity index (χ4v) is 8.89. The Labute approximate surface area is 273 Å². The van der Waals surface area contributed by atoms with Crippen LogP contribution in [0.3, 0.4) is 0 Å². The smallest absolute Gasteiger partial charge is 0.268 e. The van der Waals surface area contributed by atoms with Gasteiger partial charge in [-0.3, -0.25) is 0 Å². The van der Waals surface area contributed by atoms with Crippen LogP contribution < -0.4 is 16.5 Å². The van der Waals surface area contributed by atoms with E-state index in [1.54, 1.807) is 0 Å². The average Bonchev–Trinajstić information content (AvgIpc) is 3.62.